The minimum absolute atomic E-state index is 0.818. The summed E-state index contributed by atoms with van der Waals surface area (Å²) in [5, 5.41) is 6.69. The normalized spacial score (nSPS) is 16.5. The first kappa shape index (κ1) is 14.4. The first-order valence-corrected chi connectivity index (χ1v) is 7.88. The zero-order valence-electron chi connectivity index (χ0n) is 12.3. The van der Waals surface area contributed by atoms with Gasteiger partial charge in [0.15, 0.2) is 0 Å². The van der Waals surface area contributed by atoms with E-state index in [0.29, 0.717) is 0 Å². The first-order chi connectivity index (χ1) is 9.40. The van der Waals surface area contributed by atoms with E-state index < -0.39 is 0 Å². The van der Waals surface area contributed by atoms with Gasteiger partial charge >= 0.3 is 0 Å². The Morgan fingerprint density at radius 1 is 0.947 bits per heavy atom. The molecule has 0 saturated heterocycles. The van der Waals surface area contributed by atoms with Crippen molar-refractivity contribution in [3.8, 4) is 0 Å². The monoisotopic (exact) mass is 260 g/mol. The van der Waals surface area contributed by atoms with Gasteiger partial charge in [-0.25, -0.2) is 0 Å². The Balaban J connectivity index is 1.74. The molecular weight excluding hydrogens is 232 g/mol. The summed E-state index contributed by atoms with van der Waals surface area (Å²) in [6.07, 6.45) is 9.50. The van der Waals surface area contributed by atoms with Crippen LogP contribution in [0.15, 0.2) is 24.3 Å². The summed E-state index contributed by atoms with van der Waals surface area (Å²) in [4.78, 5) is 0. The zero-order valence-corrected chi connectivity index (χ0v) is 12.3. The third kappa shape index (κ3) is 4.87. The fraction of sp³-hybridized carbons (Fsp3) is 0.647. The second-order valence-corrected chi connectivity index (χ2v) is 5.69. The van der Waals surface area contributed by atoms with E-state index >= 15 is 0 Å². The third-order valence-corrected chi connectivity index (χ3v) is 4.17. The number of rotatable bonds is 7. The zero-order chi connectivity index (χ0) is 13.3. The smallest absolute Gasteiger partial charge is 0.0340 e. The van der Waals surface area contributed by atoms with Gasteiger partial charge in [-0.2, -0.15) is 0 Å². The second-order valence-electron chi connectivity index (χ2n) is 5.69. The lowest BCUT2D eigenvalue weighted by Crippen LogP contribution is -2.10. The predicted molar refractivity (Wildman–Crippen MR) is 83.9 cm³/mol. The molecule has 0 radical (unpaired) electrons. The van der Waals surface area contributed by atoms with Gasteiger partial charge < -0.3 is 10.6 Å². The van der Waals surface area contributed by atoms with E-state index in [1.54, 1.807) is 5.56 Å². The molecule has 1 fully saturated rings. The molecule has 1 aromatic rings. The molecule has 2 nitrogen and oxygen atoms in total. The van der Waals surface area contributed by atoms with Crippen LogP contribution >= 0.6 is 0 Å². The largest absolute Gasteiger partial charge is 0.385 e. The van der Waals surface area contributed by atoms with Crippen LogP contribution in [0.2, 0.25) is 0 Å². The van der Waals surface area contributed by atoms with Crippen LogP contribution in [0.5, 0.6) is 0 Å². The summed E-state index contributed by atoms with van der Waals surface area (Å²) in [7, 11) is 2.01. The number of hydrogen-bond acceptors (Lipinski definition) is 2. The highest BCUT2D eigenvalue weighted by atomic mass is 14.9. The van der Waals surface area contributed by atoms with Gasteiger partial charge in [0.05, 0.1) is 0 Å². The van der Waals surface area contributed by atoms with Gasteiger partial charge in [0.2, 0.25) is 0 Å². The Morgan fingerprint density at radius 3 is 2.32 bits per heavy atom. The van der Waals surface area contributed by atoms with Gasteiger partial charge in [-0.3, -0.25) is 0 Å². The van der Waals surface area contributed by atoms with Crippen molar-refractivity contribution in [3.05, 3.63) is 29.8 Å². The van der Waals surface area contributed by atoms with E-state index in [-0.39, 0.29) is 0 Å². The molecule has 0 bridgehead atoms. The fourth-order valence-corrected chi connectivity index (χ4v) is 2.97. The van der Waals surface area contributed by atoms with Gasteiger partial charge in [-0.1, -0.05) is 31.4 Å². The molecule has 1 aliphatic carbocycles. The Labute approximate surface area is 118 Å². The molecule has 106 valence electrons. The molecule has 1 aliphatic rings. The summed E-state index contributed by atoms with van der Waals surface area (Å²) >= 11 is 0. The van der Waals surface area contributed by atoms with Crippen molar-refractivity contribution in [2.75, 3.05) is 25.5 Å². The molecular formula is C17H28N2. The van der Waals surface area contributed by atoms with Gasteiger partial charge in [0.1, 0.15) is 0 Å². The molecule has 2 heteroatoms. The molecule has 0 amide bonds. The summed E-state index contributed by atoms with van der Waals surface area (Å²) in [5.74, 6) is 0.818. The van der Waals surface area contributed by atoms with Crippen LogP contribution in [-0.4, -0.2) is 20.1 Å². The van der Waals surface area contributed by atoms with E-state index in [9.17, 15) is 0 Å². The summed E-state index contributed by atoms with van der Waals surface area (Å²) < 4.78 is 0. The molecule has 0 aliphatic heterocycles. The maximum absolute atomic E-state index is 3.51. The number of anilines is 1. The third-order valence-electron chi connectivity index (χ3n) is 4.17. The number of benzene rings is 1. The van der Waals surface area contributed by atoms with E-state index in [1.165, 1.54) is 50.6 Å². The van der Waals surface area contributed by atoms with Crippen molar-refractivity contribution in [1.82, 2.24) is 5.32 Å². The van der Waals surface area contributed by atoms with Gasteiger partial charge in [0.25, 0.3) is 0 Å². The van der Waals surface area contributed by atoms with Gasteiger partial charge in [-0.15, -0.1) is 0 Å². The Bertz CT molecular complexity index is 339. The van der Waals surface area contributed by atoms with E-state index in [1.807, 2.05) is 7.05 Å². The minimum Gasteiger partial charge on any atom is -0.385 e. The minimum atomic E-state index is 0.818. The Morgan fingerprint density at radius 2 is 1.63 bits per heavy atom. The quantitative estimate of drug-likeness (QED) is 0.720. The highest BCUT2D eigenvalue weighted by Crippen LogP contribution is 2.32. The lowest BCUT2D eigenvalue weighted by molar-refractivity contribution is 0.443. The maximum Gasteiger partial charge on any atom is 0.0340 e. The fourth-order valence-electron chi connectivity index (χ4n) is 2.97. The molecule has 0 atom stereocenters. The van der Waals surface area contributed by atoms with Crippen molar-refractivity contribution >= 4 is 5.69 Å². The van der Waals surface area contributed by atoms with Crippen LogP contribution in [0.25, 0.3) is 0 Å². The molecule has 0 spiro atoms. The van der Waals surface area contributed by atoms with Crippen LogP contribution in [0.4, 0.5) is 5.69 Å². The molecule has 1 saturated carbocycles. The van der Waals surface area contributed by atoms with Crippen molar-refractivity contribution in [1.29, 1.82) is 0 Å². The molecule has 0 heterocycles. The van der Waals surface area contributed by atoms with E-state index in [0.717, 1.165) is 19.0 Å². The predicted octanol–water partition coefficient (Wildman–Crippen LogP) is 4.15. The topological polar surface area (TPSA) is 24.1 Å². The van der Waals surface area contributed by atoms with Crippen LogP contribution in [0.3, 0.4) is 0 Å². The average Bonchev–Trinajstić information content (AvgIpc) is 2.49. The summed E-state index contributed by atoms with van der Waals surface area (Å²) in [5.41, 5.74) is 2.81. The molecule has 1 aromatic carbocycles. The highest BCUT2D eigenvalue weighted by molar-refractivity contribution is 5.45. The number of nitrogens with one attached hydrogen (secondary N) is 2. The standard InChI is InChI=1S/C17H28N2/c1-18-13-5-6-14-19-17-11-9-16(10-12-17)15-7-3-2-4-8-15/h9-12,15,18-19H,2-8,13-14H2,1H3. The second kappa shape index (κ2) is 8.21. The molecule has 2 rings (SSSR count). The first-order valence-electron chi connectivity index (χ1n) is 7.88. The summed E-state index contributed by atoms with van der Waals surface area (Å²) in [6, 6.07) is 9.15. The Hall–Kier alpha value is -1.02. The number of unbranched alkanes of at least 4 members (excludes halogenated alkanes) is 1. The van der Waals surface area contributed by atoms with Crippen molar-refractivity contribution < 1.29 is 0 Å². The SMILES string of the molecule is CNCCCCNc1ccc(C2CCCCC2)cc1. The van der Waals surface area contributed by atoms with Crippen LogP contribution in [0, 0.1) is 0 Å². The van der Waals surface area contributed by atoms with Gasteiger partial charge in [-0.05, 0) is 62.9 Å². The molecule has 0 aromatic heterocycles. The average molecular weight is 260 g/mol. The highest BCUT2D eigenvalue weighted by Gasteiger charge is 2.14. The summed E-state index contributed by atoms with van der Waals surface area (Å²) in [6.45, 7) is 2.19. The van der Waals surface area contributed by atoms with Crippen LogP contribution in [-0.2, 0) is 0 Å². The van der Waals surface area contributed by atoms with Crippen LogP contribution < -0.4 is 10.6 Å². The van der Waals surface area contributed by atoms with Crippen molar-refractivity contribution in [2.24, 2.45) is 0 Å². The maximum atomic E-state index is 3.51. The van der Waals surface area contributed by atoms with Crippen LogP contribution in [0.1, 0.15) is 56.4 Å². The van der Waals surface area contributed by atoms with E-state index in [2.05, 4.69) is 34.9 Å². The van der Waals surface area contributed by atoms with Gasteiger partial charge in [0, 0.05) is 12.2 Å². The van der Waals surface area contributed by atoms with Crippen molar-refractivity contribution in [2.45, 2.75) is 50.9 Å². The lowest BCUT2D eigenvalue weighted by Gasteiger charge is -2.22. The molecule has 2 N–H and O–H groups in total. The lowest BCUT2D eigenvalue weighted by atomic mass is 9.84. The van der Waals surface area contributed by atoms with Crippen molar-refractivity contribution in [3.63, 3.8) is 0 Å². The van der Waals surface area contributed by atoms with E-state index in [4.69, 9.17) is 0 Å². The number of hydrogen-bond donors (Lipinski definition) is 2. The molecule has 19 heavy (non-hydrogen) atoms. The molecule has 0 unspecified atom stereocenters. The Kier molecular flexibility index (Phi) is 6.22.